The van der Waals surface area contributed by atoms with Crippen LogP contribution in [0.5, 0.6) is 11.8 Å². The molecule has 4 heterocycles. The Morgan fingerprint density at radius 3 is 2.67 bits per heavy atom. The number of benzene rings is 2. The van der Waals surface area contributed by atoms with E-state index in [0.29, 0.717) is 46.2 Å². The SMILES string of the molecule is O=C(CO)N1CC[C@H](n2cnc3cnc4cc(F)c(-c5ccc(Oc6ncccn6)cc5Cl)cc4c32)[C@@H](F)C1. The quantitative estimate of drug-likeness (QED) is 0.337. The van der Waals surface area contributed by atoms with E-state index in [1.54, 1.807) is 53.6 Å². The Kier molecular flexibility index (Phi) is 6.53. The first-order chi connectivity index (χ1) is 18.9. The summed E-state index contributed by atoms with van der Waals surface area (Å²) in [6, 6.07) is 9.00. The summed E-state index contributed by atoms with van der Waals surface area (Å²) < 4.78 is 38.0. The van der Waals surface area contributed by atoms with Gasteiger partial charge in [0.1, 0.15) is 29.9 Å². The van der Waals surface area contributed by atoms with Crippen molar-refractivity contribution in [1.29, 1.82) is 0 Å². The van der Waals surface area contributed by atoms with Crippen LogP contribution in [0.25, 0.3) is 33.1 Å². The number of carbonyl (C=O) groups excluding carboxylic acids is 1. The zero-order valence-electron chi connectivity index (χ0n) is 20.3. The molecule has 1 N–H and O–H groups in total. The third-order valence-electron chi connectivity index (χ3n) is 6.82. The van der Waals surface area contributed by atoms with Gasteiger partial charge in [-0.25, -0.2) is 23.7 Å². The molecule has 5 aromatic rings. The molecule has 0 aliphatic carbocycles. The maximum Gasteiger partial charge on any atom is 0.321 e. The number of nitrogens with zero attached hydrogens (tertiary/aromatic N) is 6. The second kappa shape index (κ2) is 10.2. The highest BCUT2D eigenvalue weighted by molar-refractivity contribution is 6.33. The summed E-state index contributed by atoms with van der Waals surface area (Å²) in [5, 5.41) is 9.97. The minimum atomic E-state index is -1.38. The van der Waals surface area contributed by atoms with Gasteiger partial charge < -0.3 is 19.3 Å². The predicted octanol–water partition coefficient (Wildman–Crippen LogP) is 4.73. The molecule has 12 heteroatoms. The lowest BCUT2D eigenvalue weighted by molar-refractivity contribution is -0.137. The molecule has 0 saturated carbocycles. The first-order valence-corrected chi connectivity index (χ1v) is 12.5. The van der Waals surface area contributed by atoms with Gasteiger partial charge in [0.2, 0.25) is 5.91 Å². The largest absolute Gasteiger partial charge is 0.424 e. The van der Waals surface area contributed by atoms with Crippen molar-refractivity contribution < 1.29 is 23.4 Å². The first kappa shape index (κ1) is 25.1. The van der Waals surface area contributed by atoms with Crippen LogP contribution in [-0.4, -0.2) is 66.3 Å². The molecule has 1 amide bonds. The monoisotopic (exact) mass is 550 g/mol. The Labute approximate surface area is 225 Å². The van der Waals surface area contributed by atoms with E-state index in [1.807, 2.05) is 0 Å². The molecule has 0 bridgehead atoms. The van der Waals surface area contributed by atoms with Crippen LogP contribution in [-0.2, 0) is 4.79 Å². The molecule has 1 aliphatic heterocycles. The number of piperidine rings is 1. The Hall–Kier alpha value is -4.22. The van der Waals surface area contributed by atoms with Crippen LogP contribution in [0.1, 0.15) is 12.5 Å². The number of ether oxygens (including phenoxy) is 1. The summed E-state index contributed by atoms with van der Waals surface area (Å²) in [6.07, 6.45) is 5.10. The lowest BCUT2D eigenvalue weighted by Crippen LogP contribution is -2.46. The number of amides is 1. The van der Waals surface area contributed by atoms with Crippen LogP contribution in [0.3, 0.4) is 0 Å². The molecule has 3 aromatic heterocycles. The number of aromatic nitrogens is 5. The lowest BCUT2D eigenvalue weighted by atomic mass is 10.00. The number of rotatable bonds is 5. The molecule has 0 radical (unpaired) electrons. The van der Waals surface area contributed by atoms with Gasteiger partial charge in [0.15, 0.2) is 0 Å². The van der Waals surface area contributed by atoms with E-state index in [4.69, 9.17) is 21.4 Å². The van der Waals surface area contributed by atoms with Gasteiger partial charge in [0.25, 0.3) is 0 Å². The Balaban J connectivity index is 1.40. The molecule has 2 aromatic carbocycles. The fraction of sp³-hybridized carbons (Fsp3) is 0.222. The number of fused-ring (bicyclic) bond motifs is 3. The van der Waals surface area contributed by atoms with Crippen molar-refractivity contribution >= 4 is 39.4 Å². The number of likely N-dealkylation sites (tertiary alicyclic amines) is 1. The van der Waals surface area contributed by atoms with Crippen molar-refractivity contribution in [2.75, 3.05) is 19.7 Å². The number of halogens is 3. The van der Waals surface area contributed by atoms with E-state index < -0.39 is 30.5 Å². The van der Waals surface area contributed by atoms with Gasteiger partial charge in [-0.15, -0.1) is 0 Å². The molecular weight excluding hydrogens is 530 g/mol. The minimum absolute atomic E-state index is 0.134. The van der Waals surface area contributed by atoms with Gasteiger partial charge in [-0.1, -0.05) is 11.6 Å². The van der Waals surface area contributed by atoms with Crippen molar-refractivity contribution in [2.45, 2.75) is 18.6 Å². The molecule has 1 aliphatic rings. The standard InChI is InChI=1S/C27H21ClF2N6O3/c28-19-8-15(39-27-31-5-1-6-32-27)2-3-16(19)17-9-18-22(10-20(17)29)33-11-23-26(18)36(14-34-23)24-4-7-35(12-21(24)30)25(38)13-37/h1-3,5-6,8-11,14,21,24,37H,4,7,12-13H2/t21-,24-/m0/s1. The fourth-order valence-electron chi connectivity index (χ4n) is 4.95. The number of imidazole rings is 1. The third-order valence-corrected chi connectivity index (χ3v) is 7.14. The summed E-state index contributed by atoms with van der Waals surface area (Å²) in [6.45, 7) is -0.499. The molecule has 6 rings (SSSR count). The van der Waals surface area contributed by atoms with Gasteiger partial charge in [-0.3, -0.25) is 9.78 Å². The second-order valence-corrected chi connectivity index (χ2v) is 9.55. The highest BCUT2D eigenvalue weighted by atomic mass is 35.5. The van der Waals surface area contributed by atoms with Crippen molar-refractivity contribution in [1.82, 2.24) is 29.4 Å². The number of alkyl halides is 1. The van der Waals surface area contributed by atoms with Gasteiger partial charge in [0.05, 0.1) is 41.2 Å². The first-order valence-electron chi connectivity index (χ1n) is 12.1. The Morgan fingerprint density at radius 2 is 1.92 bits per heavy atom. The summed E-state index contributed by atoms with van der Waals surface area (Å²) >= 11 is 6.55. The van der Waals surface area contributed by atoms with Gasteiger partial charge in [-0.05, 0) is 30.7 Å². The zero-order chi connectivity index (χ0) is 27.1. The van der Waals surface area contributed by atoms with Crippen LogP contribution in [0.15, 0.2) is 61.3 Å². The molecule has 198 valence electrons. The fourth-order valence-corrected chi connectivity index (χ4v) is 5.22. The molecule has 2 atom stereocenters. The molecule has 0 spiro atoms. The van der Waals surface area contributed by atoms with Crippen molar-refractivity contribution in [2.24, 2.45) is 0 Å². The van der Waals surface area contributed by atoms with Crippen LogP contribution in [0, 0.1) is 5.82 Å². The number of aliphatic hydroxyl groups excluding tert-OH is 1. The topological polar surface area (TPSA) is 106 Å². The minimum Gasteiger partial charge on any atom is -0.424 e. The van der Waals surface area contributed by atoms with Crippen LogP contribution >= 0.6 is 11.6 Å². The Bertz CT molecular complexity index is 1700. The maximum atomic E-state index is 15.3. The predicted molar refractivity (Wildman–Crippen MR) is 140 cm³/mol. The molecule has 0 unspecified atom stereocenters. The van der Waals surface area contributed by atoms with Crippen molar-refractivity contribution in [3.63, 3.8) is 0 Å². The van der Waals surface area contributed by atoms with E-state index in [2.05, 4.69) is 19.9 Å². The lowest BCUT2D eigenvalue weighted by Gasteiger charge is -2.35. The summed E-state index contributed by atoms with van der Waals surface area (Å²) in [7, 11) is 0. The van der Waals surface area contributed by atoms with Gasteiger partial charge in [0, 0.05) is 47.6 Å². The van der Waals surface area contributed by atoms with E-state index in [0.717, 1.165) is 0 Å². The summed E-state index contributed by atoms with van der Waals surface area (Å²) in [5.74, 6) is -0.647. The van der Waals surface area contributed by atoms with E-state index in [-0.39, 0.29) is 23.1 Å². The zero-order valence-corrected chi connectivity index (χ0v) is 21.1. The van der Waals surface area contributed by atoms with E-state index in [1.165, 1.54) is 17.2 Å². The average molecular weight is 551 g/mol. The normalized spacial score (nSPS) is 17.6. The highest BCUT2D eigenvalue weighted by Crippen LogP contribution is 2.38. The summed E-state index contributed by atoms with van der Waals surface area (Å²) in [4.78, 5) is 30.0. The molecule has 9 nitrogen and oxygen atoms in total. The summed E-state index contributed by atoms with van der Waals surface area (Å²) in [5.41, 5.74) is 2.18. The van der Waals surface area contributed by atoms with Crippen molar-refractivity contribution in [3.05, 3.63) is 72.2 Å². The van der Waals surface area contributed by atoms with Crippen molar-refractivity contribution in [3.8, 4) is 22.9 Å². The number of hydrogen-bond acceptors (Lipinski definition) is 7. The number of pyridine rings is 1. The van der Waals surface area contributed by atoms with Crippen LogP contribution in [0.2, 0.25) is 5.02 Å². The van der Waals surface area contributed by atoms with Gasteiger partial charge in [-0.2, -0.15) is 0 Å². The average Bonchev–Trinajstić information content (AvgIpc) is 3.37. The van der Waals surface area contributed by atoms with E-state index >= 15 is 8.78 Å². The number of aliphatic hydroxyl groups is 1. The molecule has 39 heavy (non-hydrogen) atoms. The molecule has 1 saturated heterocycles. The van der Waals surface area contributed by atoms with E-state index in [9.17, 15) is 4.79 Å². The van der Waals surface area contributed by atoms with Crippen LogP contribution < -0.4 is 4.74 Å². The second-order valence-electron chi connectivity index (χ2n) is 9.14. The molecule has 1 fully saturated rings. The smallest absolute Gasteiger partial charge is 0.321 e. The van der Waals surface area contributed by atoms with Gasteiger partial charge >= 0.3 is 6.01 Å². The number of hydrogen-bond donors (Lipinski definition) is 1. The third kappa shape index (κ3) is 4.64. The highest BCUT2D eigenvalue weighted by Gasteiger charge is 2.33. The molecular formula is C27H21ClF2N6O3. The maximum absolute atomic E-state index is 15.3. The van der Waals surface area contributed by atoms with Crippen LogP contribution in [0.4, 0.5) is 8.78 Å². The Morgan fingerprint density at radius 1 is 1.10 bits per heavy atom. The number of carbonyl (C=O) groups is 1.